The van der Waals surface area contributed by atoms with Crippen LogP contribution in [0.1, 0.15) is 51.3 Å². The van der Waals surface area contributed by atoms with Gasteiger partial charge in [-0.1, -0.05) is 13.3 Å². The van der Waals surface area contributed by atoms with E-state index in [2.05, 4.69) is 18.9 Å². The lowest BCUT2D eigenvalue weighted by Gasteiger charge is -2.29. The quantitative estimate of drug-likeness (QED) is 0.831. The maximum atomic E-state index is 9.98. The van der Waals surface area contributed by atoms with Crippen molar-refractivity contribution in [3.05, 3.63) is 18.0 Å². The lowest BCUT2D eigenvalue weighted by atomic mass is 9.80. The lowest BCUT2D eigenvalue weighted by Crippen LogP contribution is -2.28. The standard InChI is InChI=1S/C13H22N2O/c1-3-10(2)15-8-7-12(14-15)9-13(16)11-5-4-6-11/h7-8,10-11,13,16H,3-6,9H2,1-2H3. The van der Waals surface area contributed by atoms with E-state index in [1.54, 1.807) is 0 Å². The number of aliphatic hydroxyl groups is 1. The zero-order chi connectivity index (χ0) is 11.5. The lowest BCUT2D eigenvalue weighted by molar-refractivity contribution is 0.0621. The molecule has 16 heavy (non-hydrogen) atoms. The van der Waals surface area contributed by atoms with Gasteiger partial charge in [0, 0.05) is 18.7 Å². The van der Waals surface area contributed by atoms with Gasteiger partial charge in [-0.3, -0.25) is 4.68 Å². The molecule has 2 rings (SSSR count). The van der Waals surface area contributed by atoms with Crippen molar-refractivity contribution in [2.45, 2.75) is 58.1 Å². The summed E-state index contributed by atoms with van der Waals surface area (Å²) in [6.45, 7) is 4.33. The summed E-state index contributed by atoms with van der Waals surface area (Å²) in [5, 5.41) is 14.5. The summed E-state index contributed by atoms with van der Waals surface area (Å²) < 4.78 is 2.00. The van der Waals surface area contributed by atoms with Gasteiger partial charge < -0.3 is 5.11 Å². The Hall–Kier alpha value is -0.830. The van der Waals surface area contributed by atoms with E-state index in [0.29, 0.717) is 18.4 Å². The van der Waals surface area contributed by atoms with E-state index in [0.717, 1.165) is 12.1 Å². The first kappa shape index (κ1) is 11.6. The van der Waals surface area contributed by atoms with Crippen molar-refractivity contribution in [3.63, 3.8) is 0 Å². The van der Waals surface area contributed by atoms with Crippen molar-refractivity contribution in [1.82, 2.24) is 9.78 Å². The van der Waals surface area contributed by atoms with Crippen LogP contribution in [0, 0.1) is 5.92 Å². The molecule has 1 N–H and O–H groups in total. The summed E-state index contributed by atoms with van der Waals surface area (Å²) in [5.41, 5.74) is 1.03. The molecule has 1 aromatic rings. The highest BCUT2D eigenvalue weighted by molar-refractivity contribution is 5.02. The average Bonchev–Trinajstić information content (AvgIpc) is 2.62. The second-order valence-electron chi connectivity index (χ2n) is 5.01. The van der Waals surface area contributed by atoms with E-state index >= 15 is 0 Å². The molecule has 2 unspecified atom stereocenters. The molecule has 2 atom stereocenters. The van der Waals surface area contributed by atoms with E-state index in [1.165, 1.54) is 19.3 Å². The Morgan fingerprint density at radius 1 is 1.56 bits per heavy atom. The molecular weight excluding hydrogens is 200 g/mol. The third kappa shape index (κ3) is 2.46. The third-order valence-electron chi connectivity index (χ3n) is 3.82. The molecule has 0 saturated heterocycles. The van der Waals surface area contributed by atoms with Crippen molar-refractivity contribution < 1.29 is 5.11 Å². The van der Waals surface area contributed by atoms with Gasteiger partial charge in [-0.2, -0.15) is 5.10 Å². The van der Waals surface area contributed by atoms with Gasteiger partial charge in [0.25, 0.3) is 0 Å². The Morgan fingerprint density at radius 3 is 2.88 bits per heavy atom. The van der Waals surface area contributed by atoms with Gasteiger partial charge in [0.15, 0.2) is 0 Å². The number of hydrogen-bond acceptors (Lipinski definition) is 2. The Labute approximate surface area is 97.5 Å². The normalized spacial score (nSPS) is 20.4. The van der Waals surface area contributed by atoms with Crippen LogP contribution in [0.25, 0.3) is 0 Å². The second-order valence-corrected chi connectivity index (χ2v) is 5.01. The second kappa shape index (κ2) is 5.00. The van der Waals surface area contributed by atoms with Crippen molar-refractivity contribution in [2.75, 3.05) is 0 Å². The molecule has 3 nitrogen and oxygen atoms in total. The van der Waals surface area contributed by atoms with Gasteiger partial charge in [-0.05, 0) is 38.2 Å². The topological polar surface area (TPSA) is 38.0 Å². The third-order valence-corrected chi connectivity index (χ3v) is 3.82. The zero-order valence-electron chi connectivity index (χ0n) is 10.3. The van der Waals surface area contributed by atoms with Gasteiger partial charge in [0.05, 0.1) is 11.8 Å². The molecule has 3 heteroatoms. The van der Waals surface area contributed by atoms with Crippen molar-refractivity contribution in [1.29, 1.82) is 0 Å². The SMILES string of the molecule is CCC(C)n1ccc(CC(O)C2CCC2)n1. The molecule has 0 aliphatic heterocycles. The fourth-order valence-electron chi connectivity index (χ4n) is 2.12. The van der Waals surface area contributed by atoms with Crippen LogP contribution >= 0.6 is 0 Å². The Morgan fingerprint density at radius 2 is 2.31 bits per heavy atom. The van der Waals surface area contributed by atoms with Gasteiger partial charge in [0.2, 0.25) is 0 Å². The minimum Gasteiger partial charge on any atom is -0.392 e. The van der Waals surface area contributed by atoms with Crippen LogP contribution < -0.4 is 0 Å². The highest BCUT2D eigenvalue weighted by Crippen LogP contribution is 2.30. The van der Waals surface area contributed by atoms with Crippen LogP contribution in [0.2, 0.25) is 0 Å². The predicted octanol–water partition coefficient (Wildman–Crippen LogP) is 2.56. The van der Waals surface area contributed by atoms with Gasteiger partial charge in [0.1, 0.15) is 0 Å². The van der Waals surface area contributed by atoms with Gasteiger partial charge in [-0.25, -0.2) is 0 Å². The van der Waals surface area contributed by atoms with Gasteiger partial charge >= 0.3 is 0 Å². The van der Waals surface area contributed by atoms with Crippen molar-refractivity contribution >= 4 is 0 Å². The molecule has 0 radical (unpaired) electrons. The smallest absolute Gasteiger partial charge is 0.0650 e. The molecule has 0 bridgehead atoms. The monoisotopic (exact) mass is 222 g/mol. The molecule has 1 fully saturated rings. The molecule has 0 amide bonds. The Kier molecular flexibility index (Phi) is 3.64. The van der Waals surface area contributed by atoms with Gasteiger partial charge in [-0.15, -0.1) is 0 Å². The average molecular weight is 222 g/mol. The first-order valence-corrected chi connectivity index (χ1v) is 6.42. The molecule has 90 valence electrons. The number of hydrogen-bond donors (Lipinski definition) is 1. The van der Waals surface area contributed by atoms with E-state index < -0.39 is 0 Å². The maximum absolute atomic E-state index is 9.98. The molecule has 1 aromatic heterocycles. The van der Waals surface area contributed by atoms with E-state index in [1.807, 2.05) is 16.9 Å². The van der Waals surface area contributed by atoms with Crippen molar-refractivity contribution in [2.24, 2.45) is 5.92 Å². The highest BCUT2D eigenvalue weighted by Gasteiger charge is 2.26. The summed E-state index contributed by atoms with van der Waals surface area (Å²) in [4.78, 5) is 0. The number of nitrogens with zero attached hydrogens (tertiary/aromatic N) is 2. The molecular formula is C13H22N2O. The largest absolute Gasteiger partial charge is 0.392 e. The first-order valence-electron chi connectivity index (χ1n) is 6.42. The van der Waals surface area contributed by atoms with E-state index in [4.69, 9.17) is 0 Å². The fraction of sp³-hybridized carbons (Fsp3) is 0.769. The van der Waals surface area contributed by atoms with Crippen molar-refractivity contribution in [3.8, 4) is 0 Å². The van der Waals surface area contributed by atoms with Crippen LogP contribution in [0.15, 0.2) is 12.3 Å². The number of aliphatic hydroxyl groups excluding tert-OH is 1. The summed E-state index contributed by atoms with van der Waals surface area (Å²) in [6, 6.07) is 2.49. The summed E-state index contributed by atoms with van der Waals surface area (Å²) in [6.07, 6.45) is 7.30. The fourth-order valence-corrected chi connectivity index (χ4v) is 2.12. The minimum atomic E-state index is -0.186. The molecule has 0 aromatic carbocycles. The predicted molar refractivity (Wildman–Crippen MR) is 64.3 cm³/mol. The van der Waals surface area contributed by atoms with E-state index in [9.17, 15) is 5.11 Å². The summed E-state index contributed by atoms with van der Waals surface area (Å²) in [5.74, 6) is 0.522. The molecule has 1 heterocycles. The van der Waals surface area contributed by atoms with Crippen LogP contribution in [-0.2, 0) is 6.42 Å². The molecule has 1 aliphatic rings. The van der Waals surface area contributed by atoms with Crippen LogP contribution in [-0.4, -0.2) is 21.0 Å². The highest BCUT2D eigenvalue weighted by atomic mass is 16.3. The first-order chi connectivity index (χ1) is 7.70. The molecule has 1 saturated carbocycles. The van der Waals surface area contributed by atoms with Crippen LogP contribution in [0.5, 0.6) is 0 Å². The van der Waals surface area contributed by atoms with E-state index in [-0.39, 0.29) is 6.10 Å². The Bertz CT molecular complexity index is 330. The Balaban J connectivity index is 1.91. The molecule has 0 spiro atoms. The summed E-state index contributed by atoms with van der Waals surface area (Å²) in [7, 11) is 0. The number of aromatic nitrogens is 2. The summed E-state index contributed by atoms with van der Waals surface area (Å²) >= 11 is 0. The molecule has 1 aliphatic carbocycles. The van der Waals surface area contributed by atoms with Crippen LogP contribution in [0.4, 0.5) is 0 Å². The zero-order valence-corrected chi connectivity index (χ0v) is 10.3. The van der Waals surface area contributed by atoms with Crippen LogP contribution in [0.3, 0.4) is 0 Å². The number of rotatable bonds is 5. The minimum absolute atomic E-state index is 0.186. The maximum Gasteiger partial charge on any atom is 0.0650 e.